The average Bonchev–Trinajstić information content (AvgIpc) is 2.59. The summed E-state index contributed by atoms with van der Waals surface area (Å²) < 4.78 is 10.6. The van der Waals surface area contributed by atoms with Crippen LogP contribution in [0.1, 0.15) is 29.6 Å². The third-order valence-corrected chi connectivity index (χ3v) is 4.04. The number of carbonyl (C=O) groups excluding carboxylic acids is 1. The number of methoxy groups -OCH3 is 1. The highest BCUT2D eigenvalue weighted by Gasteiger charge is 2.22. The lowest BCUT2D eigenvalue weighted by Gasteiger charge is -2.31. The van der Waals surface area contributed by atoms with Gasteiger partial charge in [-0.1, -0.05) is 0 Å². The van der Waals surface area contributed by atoms with Gasteiger partial charge in [-0.05, 0) is 50.2 Å². The molecule has 0 aliphatic carbocycles. The molecule has 1 N–H and O–H groups in total. The highest BCUT2D eigenvalue weighted by molar-refractivity contribution is 5.94. The number of hydrogen-bond donors (Lipinski definition) is 1. The van der Waals surface area contributed by atoms with Gasteiger partial charge in [0, 0.05) is 38.8 Å². The zero-order valence-electron chi connectivity index (χ0n) is 13.9. The zero-order valence-corrected chi connectivity index (χ0v) is 14.7. The molecule has 1 aliphatic heterocycles. The van der Waals surface area contributed by atoms with Crippen molar-refractivity contribution in [3.63, 3.8) is 0 Å². The summed E-state index contributed by atoms with van der Waals surface area (Å²) in [5, 5.41) is 3.32. The Morgan fingerprint density at radius 2 is 1.87 bits per heavy atom. The van der Waals surface area contributed by atoms with E-state index in [0.29, 0.717) is 24.8 Å². The Balaban J connectivity index is 0.00000264. The fourth-order valence-corrected chi connectivity index (χ4v) is 2.65. The van der Waals surface area contributed by atoms with Gasteiger partial charge in [-0.25, -0.2) is 0 Å². The molecule has 1 aromatic rings. The molecule has 1 aromatic carbocycles. The quantitative estimate of drug-likeness (QED) is 0.773. The van der Waals surface area contributed by atoms with E-state index in [1.807, 2.05) is 36.2 Å². The third-order valence-electron chi connectivity index (χ3n) is 4.04. The highest BCUT2D eigenvalue weighted by atomic mass is 35.5. The first-order chi connectivity index (χ1) is 10.7. The topological polar surface area (TPSA) is 50.8 Å². The number of amides is 1. The maximum Gasteiger partial charge on any atom is 0.253 e. The first-order valence-electron chi connectivity index (χ1n) is 7.92. The Bertz CT molecular complexity index is 461. The number of rotatable bonds is 7. The number of carbonyl (C=O) groups is 1. The number of benzene rings is 1. The Kier molecular flexibility index (Phi) is 8.99. The van der Waals surface area contributed by atoms with Crippen molar-refractivity contribution in [2.24, 2.45) is 0 Å². The van der Waals surface area contributed by atoms with Crippen LogP contribution in [0.3, 0.4) is 0 Å². The van der Waals surface area contributed by atoms with E-state index >= 15 is 0 Å². The molecule has 0 aromatic heterocycles. The molecule has 0 bridgehead atoms. The zero-order chi connectivity index (χ0) is 15.8. The van der Waals surface area contributed by atoms with E-state index in [1.54, 1.807) is 7.11 Å². The highest BCUT2D eigenvalue weighted by Crippen LogP contribution is 2.17. The van der Waals surface area contributed by atoms with Crippen molar-refractivity contribution in [2.45, 2.75) is 25.3 Å². The number of hydrogen-bond acceptors (Lipinski definition) is 4. The molecule has 0 atom stereocenters. The fourth-order valence-electron chi connectivity index (χ4n) is 2.65. The molecule has 23 heavy (non-hydrogen) atoms. The summed E-state index contributed by atoms with van der Waals surface area (Å²) in [6.07, 6.45) is 2.89. The molecule has 130 valence electrons. The monoisotopic (exact) mass is 342 g/mol. The molecule has 0 spiro atoms. The van der Waals surface area contributed by atoms with E-state index in [1.165, 1.54) is 0 Å². The molecule has 0 unspecified atom stereocenters. The molecule has 1 fully saturated rings. The van der Waals surface area contributed by atoms with Crippen LogP contribution in [0, 0.1) is 0 Å². The van der Waals surface area contributed by atoms with E-state index in [9.17, 15) is 4.79 Å². The summed E-state index contributed by atoms with van der Waals surface area (Å²) in [5.74, 6) is 0.870. The van der Waals surface area contributed by atoms with Crippen LogP contribution in [-0.4, -0.2) is 57.3 Å². The minimum absolute atomic E-state index is 0. The maximum absolute atomic E-state index is 12.5. The minimum atomic E-state index is 0. The number of ether oxygens (including phenoxy) is 2. The van der Waals surface area contributed by atoms with Crippen LogP contribution in [0.15, 0.2) is 24.3 Å². The molecule has 5 nitrogen and oxygen atoms in total. The summed E-state index contributed by atoms with van der Waals surface area (Å²) in [6, 6.07) is 7.72. The second kappa shape index (κ2) is 10.5. The van der Waals surface area contributed by atoms with Crippen molar-refractivity contribution in [2.75, 3.05) is 40.5 Å². The number of piperidine rings is 1. The van der Waals surface area contributed by atoms with Crippen molar-refractivity contribution >= 4 is 18.3 Å². The second-order valence-electron chi connectivity index (χ2n) is 5.62. The first-order valence-corrected chi connectivity index (χ1v) is 7.92. The van der Waals surface area contributed by atoms with E-state index in [4.69, 9.17) is 9.47 Å². The van der Waals surface area contributed by atoms with Gasteiger partial charge in [0.15, 0.2) is 0 Å². The van der Waals surface area contributed by atoms with Gasteiger partial charge in [0.25, 0.3) is 5.91 Å². The lowest BCUT2D eigenvalue weighted by molar-refractivity contribution is 0.0703. The summed E-state index contributed by atoms with van der Waals surface area (Å²) >= 11 is 0. The van der Waals surface area contributed by atoms with Gasteiger partial charge in [0.2, 0.25) is 0 Å². The van der Waals surface area contributed by atoms with Crippen molar-refractivity contribution in [3.05, 3.63) is 29.8 Å². The molecule has 1 saturated heterocycles. The van der Waals surface area contributed by atoms with Crippen LogP contribution in [0.25, 0.3) is 0 Å². The van der Waals surface area contributed by atoms with Gasteiger partial charge in [-0.15, -0.1) is 12.4 Å². The van der Waals surface area contributed by atoms with Crippen LogP contribution in [0.5, 0.6) is 5.75 Å². The van der Waals surface area contributed by atoms with Gasteiger partial charge in [-0.3, -0.25) is 4.79 Å². The SMILES string of the molecule is COCCCOc1ccc(C(=O)N(C)C2CCNCC2)cc1.Cl. The van der Waals surface area contributed by atoms with Crippen LogP contribution in [-0.2, 0) is 4.74 Å². The van der Waals surface area contributed by atoms with Gasteiger partial charge in [0.1, 0.15) is 5.75 Å². The lowest BCUT2D eigenvalue weighted by atomic mass is 10.0. The molecular formula is C17H27ClN2O3. The van der Waals surface area contributed by atoms with Crippen molar-refractivity contribution in [1.29, 1.82) is 0 Å². The molecule has 0 saturated carbocycles. The van der Waals surface area contributed by atoms with E-state index in [0.717, 1.165) is 38.1 Å². The minimum Gasteiger partial charge on any atom is -0.494 e. The Morgan fingerprint density at radius 3 is 2.48 bits per heavy atom. The summed E-state index contributed by atoms with van der Waals surface area (Å²) in [5.41, 5.74) is 0.713. The van der Waals surface area contributed by atoms with Crippen LogP contribution in [0.4, 0.5) is 0 Å². The molecule has 2 rings (SSSR count). The fraction of sp³-hybridized carbons (Fsp3) is 0.588. The predicted molar refractivity (Wildman–Crippen MR) is 93.7 cm³/mol. The summed E-state index contributed by atoms with van der Waals surface area (Å²) in [6.45, 7) is 3.28. The largest absolute Gasteiger partial charge is 0.494 e. The van der Waals surface area contributed by atoms with Crippen LogP contribution < -0.4 is 10.1 Å². The molecule has 1 aliphatic rings. The Labute approximate surface area is 144 Å². The smallest absolute Gasteiger partial charge is 0.253 e. The standard InChI is InChI=1S/C17H26N2O3.ClH/c1-19(15-8-10-18-11-9-15)17(20)14-4-6-16(7-5-14)22-13-3-12-21-2;/h4-7,15,18H,3,8-13H2,1-2H3;1H. The van der Waals surface area contributed by atoms with Crippen molar-refractivity contribution < 1.29 is 14.3 Å². The predicted octanol–water partition coefficient (Wildman–Crippen LogP) is 2.35. The Morgan fingerprint density at radius 1 is 1.22 bits per heavy atom. The number of nitrogens with one attached hydrogen (secondary N) is 1. The van der Waals surface area contributed by atoms with Gasteiger partial charge < -0.3 is 19.7 Å². The molecule has 1 amide bonds. The van der Waals surface area contributed by atoms with Gasteiger partial charge in [-0.2, -0.15) is 0 Å². The summed E-state index contributed by atoms with van der Waals surface area (Å²) in [7, 11) is 3.58. The van der Waals surface area contributed by atoms with Crippen molar-refractivity contribution in [1.82, 2.24) is 10.2 Å². The average molecular weight is 343 g/mol. The second-order valence-corrected chi connectivity index (χ2v) is 5.62. The van der Waals surface area contributed by atoms with Crippen LogP contribution in [0.2, 0.25) is 0 Å². The molecule has 6 heteroatoms. The van der Waals surface area contributed by atoms with Crippen molar-refractivity contribution in [3.8, 4) is 5.75 Å². The summed E-state index contributed by atoms with van der Waals surface area (Å²) in [4.78, 5) is 14.4. The molecular weight excluding hydrogens is 316 g/mol. The van der Waals surface area contributed by atoms with Crippen LogP contribution >= 0.6 is 12.4 Å². The van der Waals surface area contributed by atoms with E-state index in [-0.39, 0.29) is 18.3 Å². The van der Waals surface area contributed by atoms with Gasteiger partial charge in [0.05, 0.1) is 6.61 Å². The number of halogens is 1. The molecule has 1 heterocycles. The maximum atomic E-state index is 12.5. The van der Waals surface area contributed by atoms with E-state index < -0.39 is 0 Å². The van der Waals surface area contributed by atoms with Gasteiger partial charge >= 0.3 is 0 Å². The Hall–Kier alpha value is -1.30. The third kappa shape index (κ3) is 6.01. The normalized spacial score (nSPS) is 14.9. The lowest BCUT2D eigenvalue weighted by Crippen LogP contribution is -2.43. The first kappa shape index (κ1) is 19.7. The number of nitrogens with zero attached hydrogens (tertiary/aromatic N) is 1. The van der Waals surface area contributed by atoms with E-state index in [2.05, 4.69) is 5.32 Å². The molecule has 0 radical (unpaired) electrons.